The Hall–Kier alpha value is -1.68. The quantitative estimate of drug-likeness (QED) is 0.851. The summed E-state index contributed by atoms with van der Waals surface area (Å²) in [5.74, 6) is 0.0904. The molecule has 1 aliphatic carbocycles. The maximum Gasteiger partial charge on any atom is 0.237 e. The van der Waals surface area contributed by atoms with Crippen molar-refractivity contribution in [3.05, 3.63) is 52.3 Å². The number of rotatable bonds is 3. The standard InChI is InChI=1S/C17H20N2OS/c20-17(13-15-9-6-12-21-15)19-11-5-4-10-16(19)18-14-7-2-1-3-8-14/h4-6,9-12,14H,1-3,7-8,13H2. The van der Waals surface area contributed by atoms with E-state index in [1.54, 1.807) is 15.9 Å². The second-order valence-electron chi connectivity index (χ2n) is 5.50. The minimum Gasteiger partial charge on any atom is -0.274 e. The van der Waals surface area contributed by atoms with E-state index >= 15 is 0 Å². The van der Waals surface area contributed by atoms with Gasteiger partial charge >= 0.3 is 0 Å². The molecule has 0 saturated heterocycles. The predicted molar refractivity (Wildman–Crippen MR) is 85.5 cm³/mol. The van der Waals surface area contributed by atoms with Crippen LogP contribution in [0.4, 0.5) is 0 Å². The lowest BCUT2D eigenvalue weighted by molar-refractivity contribution is 0.0909. The third kappa shape index (κ3) is 3.70. The van der Waals surface area contributed by atoms with Crippen LogP contribution in [0.1, 0.15) is 41.8 Å². The molecular formula is C17H20N2OS. The summed E-state index contributed by atoms with van der Waals surface area (Å²) in [7, 11) is 0. The Balaban J connectivity index is 1.84. The van der Waals surface area contributed by atoms with E-state index in [2.05, 4.69) is 0 Å². The molecule has 0 spiro atoms. The number of carbonyl (C=O) groups is 1. The summed E-state index contributed by atoms with van der Waals surface area (Å²) in [5, 5.41) is 2.01. The molecule has 3 rings (SSSR count). The van der Waals surface area contributed by atoms with E-state index in [1.165, 1.54) is 19.3 Å². The number of nitrogens with zero attached hydrogens (tertiary/aromatic N) is 2. The maximum atomic E-state index is 12.5. The van der Waals surface area contributed by atoms with Gasteiger partial charge in [-0.3, -0.25) is 14.4 Å². The van der Waals surface area contributed by atoms with E-state index in [1.807, 2.05) is 41.9 Å². The van der Waals surface area contributed by atoms with Crippen LogP contribution in [-0.4, -0.2) is 16.5 Å². The van der Waals surface area contributed by atoms with Gasteiger partial charge in [-0.1, -0.05) is 31.4 Å². The van der Waals surface area contributed by atoms with Gasteiger partial charge in [0, 0.05) is 11.1 Å². The minimum atomic E-state index is 0.0904. The monoisotopic (exact) mass is 300 g/mol. The molecule has 0 aliphatic heterocycles. The lowest BCUT2D eigenvalue weighted by Gasteiger charge is -2.17. The summed E-state index contributed by atoms with van der Waals surface area (Å²) in [6.45, 7) is 0. The molecule has 2 heterocycles. The first-order chi connectivity index (χ1) is 10.3. The molecule has 1 saturated carbocycles. The summed E-state index contributed by atoms with van der Waals surface area (Å²) in [4.78, 5) is 18.4. The van der Waals surface area contributed by atoms with Crippen LogP contribution in [-0.2, 0) is 6.42 Å². The van der Waals surface area contributed by atoms with Crippen molar-refractivity contribution in [2.45, 2.75) is 44.6 Å². The Bertz CT molecular complexity index is 651. The van der Waals surface area contributed by atoms with Gasteiger partial charge in [0.15, 0.2) is 0 Å². The van der Waals surface area contributed by atoms with Gasteiger partial charge in [-0.05, 0) is 36.4 Å². The molecule has 3 nitrogen and oxygen atoms in total. The highest BCUT2D eigenvalue weighted by Crippen LogP contribution is 2.19. The largest absolute Gasteiger partial charge is 0.274 e. The highest BCUT2D eigenvalue weighted by atomic mass is 32.1. The van der Waals surface area contributed by atoms with Crippen molar-refractivity contribution in [1.29, 1.82) is 0 Å². The zero-order valence-corrected chi connectivity index (χ0v) is 12.9. The smallest absolute Gasteiger partial charge is 0.237 e. The molecular weight excluding hydrogens is 280 g/mol. The van der Waals surface area contributed by atoms with Gasteiger partial charge in [-0.15, -0.1) is 11.3 Å². The number of hydrogen-bond donors (Lipinski definition) is 0. The van der Waals surface area contributed by atoms with Crippen LogP contribution < -0.4 is 5.49 Å². The molecule has 110 valence electrons. The number of thiophene rings is 1. The summed E-state index contributed by atoms with van der Waals surface area (Å²) in [6, 6.07) is 10.2. The van der Waals surface area contributed by atoms with Crippen molar-refractivity contribution in [3.8, 4) is 0 Å². The van der Waals surface area contributed by atoms with Crippen LogP contribution >= 0.6 is 11.3 Å². The summed E-state index contributed by atoms with van der Waals surface area (Å²) in [6.07, 6.45) is 8.39. The van der Waals surface area contributed by atoms with Crippen molar-refractivity contribution in [1.82, 2.24) is 4.57 Å². The van der Waals surface area contributed by atoms with Crippen LogP contribution in [0, 0.1) is 0 Å². The Morgan fingerprint density at radius 1 is 1.19 bits per heavy atom. The van der Waals surface area contributed by atoms with Gasteiger partial charge in [0.2, 0.25) is 5.91 Å². The second kappa shape index (κ2) is 6.85. The number of pyridine rings is 1. The van der Waals surface area contributed by atoms with Crippen LogP contribution in [0.2, 0.25) is 0 Å². The van der Waals surface area contributed by atoms with Crippen LogP contribution in [0.25, 0.3) is 0 Å². The molecule has 4 heteroatoms. The molecule has 2 aromatic heterocycles. The van der Waals surface area contributed by atoms with Gasteiger partial charge < -0.3 is 0 Å². The molecule has 1 aliphatic rings. The Morgan fingerprint density at radius 2 is 2.05 bits per heavy atom. The first-order valence-electron chi connectivity index (χ1n) is 7.60. The third-order valence-corrected chi connectivity index (χ3v) is 4.78. The fraction of sp³-hybridized carbons (Fsp3) is 0.412. The van der Waals surface area contributed by atoms with Crippen molar-refractivity contribution in [2.75, 3.05) is 0 Å². The van der Waals surface area contributed by atoms with Gasteiger partial charge in [0.05, 0.1) is 12.5 Å². The molecule has 2 aromatic rings. The van der Waals surface area contributed by atoms with Gasteiger partial charge in [0.1, 0.15) is 5.49 Å². The van der Waals surface area contributed by atoms with E-state index in [0.29, 0.717) is 12.5 Å². The lowest BCUT2D eigenvalue weighted by atomic mass is 9.96. The molecule has 21 heavy (non-hydrogen) atoms. The summed E-state index contributed by atoms with van der Waals surface area (Å²) in [5.41, 5.74) is 0.797. The zero-order valence-electron chi connectivity index (χ0n) is 12.1. The molecule has 1 fully saturated rings. The van der Waals surface area contributed by atoms with Gasteiger partial charge in [0.25, 0.3) is 0 Å². The molecule has 0 bridgehead atoms. The first-order valence-corrected chi connectivity index (χ1v) is 8.48. The molecule has 0 unspecified atom stereocenters. The van der Waals surface area contributed by atoms with E-state index < -0.39 is 0 Å². The van der Waals surface area contributed by atoms with Crippen molar-refractivity contribution in [2.24, 2.45) is 4.99 Å². The van der Waals surface area contributed by atoms with Crippen molar-refractivity contribution in [3.63, 3.8) is 0 Å². The third-order valence-electron chi connectivity index (χ3n) is 3.90. The average Bonchev–Trinajstić information content (AvgIpc) is 3.02. The number of aromatic nitrogens is 1. The topological polar surface area (TPSA) is 34.4 Å². The predicted octanol–water partition coefficient (Wildman–Crippen LogP) is 3.67. The number of carbonyl (C=O) groups excluding carboxylic acids is 1. The van der Waals surface area contributed by atoms with Crippen LogP contribution in [0.3, 0.4) is 0 Å². The SMILES string of the molecule is O=C(Cc1cccs1)n1ccccc1=NC1CCCCC1. The molecule has 0 N–H and O–H groups in total. The molecule has 0 atom stereocenters. The zero-order chi connectivity index (χ0) is 14.5. The van der Waals surface area contributed by atoms with Crippen LogP contribution in [0.5, 0.6) is 0 Å². The highest BCUT2D eigenvalue weighted by molar-refractivity contribution is 7.10. The Labute approximate surface area is 129 Å². The van der Waals surface area contributed by atoms with E-state index in [-0.39, 0.29) is 5.91 Å². The molecule has 0 radical (unpaired) electrons. The normalized spacial score (nSPS) is 17.0. The Kier molecular flexibility index (Phi) is 4.65. The van der Waals surface area contributed by atoms with Crippen LogP contribution in [0.15, 0.2) is 46.9 Å². The van der Waals surface area contributed by atoms with E-state index in [9.17, 15) is 4.79 Å². The second-order valence-corrected chi connectivity index (χ2v) is 6.53. The summed E-state index contributed by atoms with van der Waals surface area (Å²) >= 11 is 1.62. The van der Waals surface area contributed by atoms with Gasteiger partial charge in [-0.25, -0.2) is 0 Å². The van der Waals surface area contributed by atoms with E-state index in [0.717, 1.165) is 23.2 Å². The van der Waals surface area contributed by atoms with Crippen molar-refractivity contribution < 1.29 is 4.79 Å². The van der Waals surface area contributed by atoms with E-state index in [4.69, 9.17) is 4.99 Å². The lowest BCUT2D eigenvalue weighted by Crippen LogP contribution is -2.29. The van der Waals surface area contributed by atoms with Gasteiger partial charge in [-0.2, -0.15) is 0 Å². The highest BCUT2D eigenvalue weighted by Gasteiger charge is 2.13. The first kappa shape index (κ1) is 14.3. The molecule has 0 amide bonds. The maximum absolute atomic E-state index is 12.5. The average molecular weight is 300 g/mol. The molecule has 0 aromatic carbocycles. The summed E-state index contributed by atoms with van der Waals surface area (Å²) < 4.78 is 1.70. The number of hydrogen-bond acceptors (Lipinski definition) is 3. The fourth-order valence-electron chi connectivity index (χ4n) is 2.79. The Morgan fingerprint density at radius 3 is 2.81 bits per heavy atom. The van der Waals surface area contributed by atoms with Crippen molar-refractivity contribution >= 4 is 17.2 Å². The fourth-order valence-corrected chi connectivity index (χ4v) is 3.49. The minimum absolute atomic E-state index is 0.0904.